The molecule has 1 N–H and O–H groups in total. The van der Waals surface area contributed by atoms with Crippen molar-refractivity contribution < 1.29 is 9.63 Å². The smallest absolute Gasteiger partial charge is 0.131 e. The van der Waals surface area contributed by atoms with Crippen LogP contribution >= 0.6 is 0 Å². The zero-order chi connectivity index (χ0) is 6.97. The van der Waals surface area contributed by atoms with Crippen molar-refractivity contribution in [1.29, 1.82) is 0 Å². The number of fused-ring (bicyclic) bond motifs is 1. The predicted molar refractivity (Wildman–Crippen MR) is 35.7 cm³/mol. The number of aromatic nitrogens is 1. The van der Waals surface area contributed by atoms with Crippen LogP contribution in [0.15, 0.2) is 29.0 Å². The number of hydrogen-bond acceptors (Lipinski definition) is 3. The molecule has 2 rings (SSSR count). The summed E-state index contributed by atoms with van der Waals surface area (Å²) in [6, 6.07) is 4.90. The normalized spacial score (nSPS) is 10.4. The van der Waals surface area contributed by atoms with Crippen LogP contribution in [0.3, 0.4) is 0 Å². The largest absolute Gasteiger partial charge is 0.508 e. The molecule has 1 aromatic carbocycles. The summed E-state index contributed by atoms with van der Waals surface area (Å²) in [5.74, 6) is 0.210. The summed E-state index contributed by atoms with van der Waals surface area (Å²) in [6.07, 6.45) is 1.54. The zero-order valence-corrected chi connectivity index (χ0v) is 5.11. The lowest BCUT2D eigenvalue weighted by atomic mass is 10.2. The molecule has 2 aromatic rings. The van der Waals surface area contributed by atoms with E-state index in [1.807, 2.05) is 0 Å². The van der Waals surface area contributed by atoms with Crippen molar-refractivity contribution in [1.82, 2.24) is 5.16 Å². The highest BCUT2D eigenvalue weighted by Gasteiger charge is 1.96. The average molecular weight is 135 g/mol. The quantitative estimate of drug-likeness (QED) is 0.595. The Bertz CT molecular complexity index is 353. The molecule has 3 heteroatoms. The maximum Gasteiger partial charge on any atom is 0.131 e. The van der Waals surface area contributed by atoms with Gasteiger partial charge in [0, 0.05) is 11.5 Å². The number of phenols is 1. The van der Waals surface area contributed by atoms with Gasteiger partial charge in [0.05, 0.1) is 0 Å². The zero-order valence-electron chi connectivity index (χ0n) is 5.11. The third kappa shape index (κ3) is 0.639. The average Bonchev–Trinajstić information content (AvgIpc) is 2.33. The molecule has 1 aromatic heterocycles. The van der Waals surface area contributed by atoms with Gasteiger partial charge in [-0.2, -0.15) is 0 Å². The molecule has 0 radical (unpaired) electrons. The van der Waals surface area contributed by atoms with Gasteiger partial charge < -0.3 is 9.63 Å². The molecular weight excluding hydrogens is 130 g/mol. The molecule has 50 valence electrons. The summed E-state index contributed by atoms with van der Waals surface area (Å²) in [6.45, 7) is 0. The Balaban J connectivity index is 2.86. The molecule has 0 fully saturated rings. The molecular formula is C7H5NO2. The predicted octanol–water partition coefficient (Wildman–Crippen LogP) is 1.53. The minimum atomic E-state index is 0.210. The van der Waals surface area contributed by atoms with Crippen LogP contribution in [0.25, 0.3) is 10.9 Å². The first-order valence-corrected chi connectivity index (χ1v) is 2.89. The van der Waals surface area contributed by atoms with Crippen molar-refractivity contribution in [3.63, 3.8) is 0 Å². The number of aromatic hydroxyl groups is 1. The molecule has 0 aliphatic heterocycles. The van der Waals surface area contributed by atoms with Gasteiger partial charge in [-0.3, -0.25) is 0 Å². The summed E-state index contributed by atoms with van der Waals surface area (Å²) in [4.78, 5) is 0. The van der Waals surface area contributed by atoms with E-state index >= 15 is 0 Å². The van der Waals surface area contributed by atoms with Gasteiger partial charge in [-0.05, 0) is 12.1 Å². The monoisotopic (exact) mass is 135 g/mol. The fourth-order valence-corrected chi connectivity index (χ4v) is 0.851. The summed E-state index contributed by atoms with van der Waals surface area (Å²) in [5.41, 5.74) is 0.681. The first-order chi connectivity index (χ1) is 4.86. The van der Waals surface area contributed by atoms with Crippen molar-refractivity contribution in [2.24, 2.45) is 0 Å². The van der Waals surface area contributed by atoms with Crippen LogP contribution in [0, 0.1) is 0 Å². The van der Waals surface area contributed by atoms with Gasteiger partial charge in [-0.15, -0.1) is 0 Å². The molecule has 0 bridgehead atoms. The van der Waals surface area contributed by atoms with E-state index in [0.29, 0.717) is 5.52 Å². The van der Waals surface area contributed by atoms with E-state index in [4.69, 9.17) is 5.11 Å². The minimum absolute atomic E-state index is 0.210. The molecule has 10 heavy (non-hydrogen) atoms. The molecule has 0 unspecified atom stereocenters. The van der Waals surface area contributed by atoms with E-state index < -0.39 is 0 Å². The third-order valence-corrected chi connectivity index (χ3v) is 1.34. The van der Waals surface area contributed by atoms with Crippen LogP contribution in [0.1, 0.15) is 0 Å². The fourth-order valence-electron chi connectivity index (χ4n) is 0.851. The maximum atomic E-state index is 8.97. The summed E-state index contributed by atoms with van der Waals surface area (Å²) in [7, 11) is 0. The van der Waals surface area contributed by atoms with Crippen molar-refractivity contribution in [3.8, 4) is 5.75 Å². The molecule has 0 aliphatic rings. The van der Waals surface area contributed by atoms with Crippen molar-refractivity contribution >= 4 is 10.9 Å². The van der Waals surface area contributed by atoms with Gasteiger partial charge in [-0.1, -0.05) is 5.16 Å². The number of rotatable bonds is 0. The van der Waals surface area contributed by atoms with Gasteiger partial charge in [0.25, 0.3) is 0 Å². The molecule has 0 saturated heterocycles. The highest BCUT2D eigenvalue weighted by Crippen LogP contribution is 2.17. The Labute approximate surface area is 56.9 Å². The molecule has 0 saturated carbocycles. The second kappa shape index (κ2) is 1.73. The number of nitrogens with zero attached hydrogens (tertiary/aromatic N) is 1. The lowest BCUT2D eigenvalue weighted by Gasteiger charge is -1.86. The van der Waals surface area contributed by atoms with E-state index in [1.165, 1.54) is 6.26 Å². The maximum absolute atomic E-state index is 8.97. The molecule has 0 spiro atoms. The van der Waals surface area contributed by atoms with Crippen LogP contribution in [0.2, 0.25) is 0 Å². The van der Waals surface area contributed by atoms with Gasteiger partial charge in [0.1, 0.15) is 17.5 Å². The molecule has 0 aliphatic carbocycles. The van der Waals surface area contributed by atoms with E-state index in [2.05, 4.69) is 9.68 Å². The van der Waals surface area contributed by atoms with Crippen LogP contribution in [-0.2, 0) is 0 Å². The first kappa shape index (κ1) is 5.29. The Hall–Kier alpha value is -1.51. The first-order valence-electron chi connectivity index (χ1n) is 2.89. The van der Waals surface area contributed by atoms with Crippen molar-refractivity contribution in [2.45, 2.75) is 0 Å². The van der Waals surface area contributed by atoms with Crippen LogP contribution < -0.4 is 0 Å². The van der Waals surface area contributed by atoms with Gasteiger partial charge >= 0.3 is 0 Å². The molecule has 3 nitrogen and oxygen atoms in total. The second-order valence-electron chi connectivity index (χ2n) is 2.06. The lowest BCUT2D eigenvalue weighted by Crippen LogP contribution is -1.65. The molecule has 1 heterocycles. The van der Waals surface area contributed by atoms with E-state index in [9.17, 15) is 0 Å². The molecule has 0 amide bonds. The Morgan fingerprint density at radius 1 is 1.40 bits per heavy atom. The Morgan fingerprint density at radius 2 is 2.30 bits per heavy atom. The van der Waals surface area contributed by atoms with Gasteiger partial charge in [-0.25, -0.2) is 0 Å². The highest BCUT2D eigenvalue weighted by molar-refractivity contribution is 5.78. The highest BCUT2D eigenvalue weighted by atomic mass is 16.5. The number of phenolic OH excluding ortho intramolecular Hbond substituents is 1. The number of hydrogen-bond donors (Lipinski definition) is 1. The lowest BCUT2D eigenvalue weighted by molar-refractivity contribution is 0.427. The topological polar surface area (TPSA) is 46.3 Å². The number of benzene rings is 1. The van der Waals surface area contributed by atoms with Gasteiger partial charge in [0.15, 0.2) is 0 Å². The summed E-state index contributed by atoms with van der Waals surface area (Å²) < 4.78 is 4.66. The minimum Gasteiger partial charge on any atom is -0.508 e. The Kier molecular flexibility index (Phi) is 0.917. The standard InChI is InChI=1S/C7H5NO2/c9-6-2-1-5-4-10-8-7(5)3-6/h1-4,9H. The van der Waals surface area contributed by atoms with E-state index in [-0.39, 0.29) is 5.75 Å². The molecule has 0 atom stereocenters. The summed E-state index contributed by atoms with van der Waals surface area (Å²) in [5, 5.41) is 13.5. The SMILES string of the molecule is Oc1ccc2conc2c1. The Morgan fingerprint density at radius 3 is 3.20 bits per heavy atom. The second-order valence-corrected chi connectivity index (χ2v) is 2.06. The van der Waals surface area contributed by atoms with E-state index in [0.717, 1.165) is 5.39 Å². The summed E-state index contributed by atoms with van der Waals surface area (Å²) >= 11 is 0. The van der Waals surface area contributed by atoms with Crippen LogP contribution in [-0.4, -0.2) is 10.3 Å². The van der Waals surface area contributed by atoms with Gasteiger partial charge in [0.2, 0.25) is 0 Å². The van der Waals surface area contributed by atoms with E-state index in [1.54, 1.807) is 18.2 Å². The van der Waals surface area contributed by atoms with Crippen LogP contribution in [0.4, 0.5) is 0 Å². The van der Waals surface area contributed by atoms with Crippen LogP contribution in [0.5, 0.6) is 5.75 Å². The third-order valence-electron chi connectivity index (χ3n) is 1.34. The fraction of sp³-hybridized carbons (Fsp3) is 0. The van der Waals surface area contributed by atoms with Crippen molar-refractivity contribution in [3.05, 3.63) is 24.5 Å². The van der Waals surface area contributed by atoms with Crippen molar-refractivity contribution in [2.75, 3.05) is 0 Å².